The Bertz CT molecular complexity index is 652. The normalized spacial score (nSPS) is 10.4. The fourth-order valence-electron chi connectivity index (χ4n) is 2.44. The fourth-order valence-corrected chi connectivity index (χ4v) is 2.97. The second-order valence-electron chi connectivity index (χ2n) is 6.02. The third kappa shape index (κ3) is 8.15. The molecule has 0 bridgehead atoms. The Hall–Kier alpha value is -1.66. The molecule has 0 saturated heterocycles. The lowest BCUT2D eigenvalue weighted by atomic mass is 10.1. The third-order valence-corrected chi connectivity index (χ3v) is 4.87. The molecule has 0 radical (unpaired) electrons. The Balaban J connectivity index is 1.53. The van der Waals surface area contributed by atoms with Crippen molar-refractivity contribution >= 4 is 55.0 Å². The van der Waals surface area contributed by atoms with E-state index in [-0.39, 0.29) is 11.8 Å². The molecule has 0 aliphatic rings. The molecule has 138 valence electrons. The lowest BCUT2D eigenvalue weighted by molar-refractivity contribution is -0.117. The summed E-state index contributed by atoms with van der Waals surface area (Å²) in [4.78, 5) is 23.8. The quantitative estimate of drug-likeness (QED) is 0.423. The number of rotatable bonds is 9. The Morgan fingerprint density at radius 1 is 0.615 bits per heavy atom. The van der Waals surface area contributed by atoms with Crippen molar-refractivity contribution in [3.63, 3.8) is 0 Å². The number of unbranched alkanes of at least 4 members (excludes halogenated alkanes) is 3. The molecule has 0 atom stereocenters. The zero-order valence-electron chi connectivity index (χ0n) is 14.4. The average Bonchev–Trinajstić information content (AvgIpc) is 2.62. The van der Waals surface area contributed by atoms with Gasteiger partial charge in [0.2, 0.25) is 11.8 Å². The van der Waals surface area contributed by atoms with Crippen molar-refractivity contribution in [3.05, 3.63) is 57.5 Å². The van der Waals surface area contributed by atoms with E-state index in [1.54, 1.807) is 0 Å². The molecule has 6 heteroatoms. The summed E-state index contributed by atoms with van der Waals surface area (Å²) < 4.78 is 1.97. The molecule has 0 aliphatic heterocycles. The van der Waals surface area contributed by atoms with Crippen LogP contribution in [0.3, 0.4) is 0 Å². The zero-order chi connectivity index (χ0) is 18.8. The SMILES string of the molecule is O=C(CCCCCCC(=O)Nc1ccc(Br)cc1)Nc1ccc(Br)cc1. The Labute approximate surface area is 171 Å². The molecule has 2 N–H and O–H groups in total. The fraction of sp³-hybridized carbons (Fsp3) is 0.300. The van der Waals surface area contributed by atoms with E-state index in [0.717, 1.165) is 46.0 Å². The molecule has 0 heterocycles. The van der Waals surface area contributed by atoms with Gasteiger partial charge < -0.3 is 10.6 Å². The van der Waals surface area contributed by atoms with Gasteiger partial charge in [-0.3, -0.25) is 9.59 Å². The van der Waals surface area contributed by atoms with Crippen LogP contribution in [0.1, 0.15) is 38.5 Å². The molecule has 4 nitrogen and oxygen atoms in total. The highest BCUT2D eigenvalue weighted by Crippen LogP contribution is 2.16. The first-order valence-corrected chi connectivity index (χ1v) is 10.2. The first kappa shape index (κ1) is 20.6. The van der Waals surface area contributed by atoms with Gasteiger partial charge in [-0.25, -0.2) is 0 Å². The lowest BCUT2D eigenvalue weighted by Gasteiger charge is -2.06. The minimum atomic E-state index is 0.0281. The summed E-state index contributed by atoms with van der Waals surface area (Å²) >= 11 is 6.73. The number of halogens is 2. The van der Waals surface area contributed by atoms with Crippen LogP contribution in [-0.4, -0.2) is 11.8 Å². The molecule has 2 aromatic carbocycles. The van der Waals surface area contributed by atoms with E-state index < -0.39 is 0 Å². The second-order valence-corrected chi connectivity index (χ2v) is 7.86. The van der Waals surface area contributed by atoms with Gasteiger partial charge in [0.15, 0.2) is 0 Å². The van der Waals surface area contributed by atoms with Crippen LogP contribution in [0.4, 0.5) is 11.4 Å². The van der Waals surface area contributed by atoms with E-state index in [2.05, 4.69) is 42.5 Å². The maximum Gasteiger partial charge on any atom is 0.224 e. The predicted molar refractivity (Wildman–Crippen MR) is 113 cm³/mol. The molecule has 2 aromatic rings. The molecule has 0 unspecified atom stereocenters. The van der Waals surface area contributed by atoms with Gasteiger partial charge in [0.25, 0.3) is 0 Å². The smallest absolute Gasteiger partial charge is 0.224 e. The van der Waals surface area contributed by atoms with Crippen LogP contribution in [-0.2, 0) is 9.59 Å². The number of hydrogen-bond donors (Lipinski definition) is 2. The van der Waals surface area contributed by atoms with E-state index in [9.17, 15) is 9.59 Å². The molecule has 2 rings (SSSR count). The van der Waals surface area contributed by atoms with Gasteiger partial charge >= 0.3 is 0 Å². The van der Waals surface area contributed by atoms with Gasteiger partial charge in [-0.2, -0.15) is 0 Å². The summed E-state index contributed by atoms with van der Waals surface area (Å²) in [6, 6.07) is 15.1. The molecule has 0 saturated carbocycles. The van der Waals surface area contributed by atoms with E-state index in [4.69, 9.17) is 0 Å². The van der Waals surface area contributed by atoms with Crippen molar-refractivity contribution in [1.82, 2.24) is 0 Å². The van der Waals surface area contributed by atoms with Crippen LogP contribution in [0.5, 0.6) is 0 Å². The average molecular weight is 482 g/mol. The van der Waals surface area contributed by atoms with Crippen molar-refractivity contribution in [2.45, 2.75) is 38.5 Å². The van der Waals surface area contributed by atoms with Crippen molar-refractivity contribution < 1.29 is 9.59 Å². The van der Waals surface area contributed by atoms with Crippen LogP contribution in [0.25, 0.3) is 0 Å². The number of nitrogens with one attached hydrogen (secondary N) is 2. The number of amides is 2. The standard InChI is InChI=1S/C20H22Br2N2O2/c21-15-7-11-17(12-8-15)23-19(25)5-3-1-2-4-6-20(26)24-18-13-9-16(22)10-14-18/h7-14H,1-6H2,(H,23,25)(H,24,26). The van der Waals surface area contributed by atoms with Gasteiger partial charge in [-0.05, 0) is 61.4 Å². The Morgan fingerprint density at radius 2 is 0.962 bits per heavy atom. The van der Waals surface area contributed by atoms with Crippen LogP contribution in [0.15, 0.2) is 57.5 Å². The minimum absolute atomic E-state index is 0.0281. The highest BCUT2D eigenvalue weighted by Gasteiger charge is 2.04. The summed E-state index contributed by atoms with van der Waals surface area (Å²) in [7, 11) is 0. The predicted octanol–water partition coefficient (Wildman–Crippen LogP) is 6.13. The molecule has 0 aromatic heterocycles. The summed E-state index contributed by atoms with van der Waals surface area (Å²) in [5.74, 6) is 0.0561. The van der Waals surface area contributed by atoms with Crippen LogP contribution in [0, 0.1) is 0 Å². The van der Waals surface area contributed by atoms with E-state index in [1.807, 2.05) is 48.5 Å². The van der Waals surface area contributed by atoms with Crippen LogP contribution < -0.4 is 10.6 Å². The Kier molecular flexibility index (Phi) is 8.85. The summed E-state index contributed by atoms with van der Waals surface area (Å²) in [6.45, 7) is 0. The van der Waals surface area contributed by atoms with E-state index >= 15 is 0 Å². The van der Waals surface area contributed by atoms with E-state index in [0.29, 0.717) is 12.8 Å². The molecule has 0 aliphatic carbocycles. The minimum Gasteiger partial charge on any atom is -0.326 e. The van der Waals surface area contributed by atoms with Gasteiger partial charge in [0, 0.05) is 33.2 Å². The van der Waals surface area contributed by atoms with Crippen LogP contribution >= 0.6 is 31.9 Å². The van der Waals surface area contributed by atoms with Gasteiger partial charge in [-0.15, -0.1) is 0 Å². The molecule has 0 fully saturated rings. The monoisotopic (exact) mass is 480 g/mol. The molecule has 0 spiro atoms. The largest absolute Gasteiger partial charge is 0.326 e. The van der Waals surface area contributed by atoms with Gasteiger partial charge in [-0.1, -0.05) is 44.7 Å². The third-order valence-electron chi connectivity index (χ3n) is 3.81. The number of anilines is 2. The molecular formula is C20H22Br2N2O2. The maximum atomic E-state index is 11.9. The summed E-state index contributed by atoms with van der Waals surface area (Å²) in [6.07, 6.45) is 4.55. The maximum absolute atomic E-state index is 11.9. The number of carbonyl (C=O) groups excluding carboxylic acids is 2. The lowest BCUT2D eigenvalue weighted by Crippen LogP contribution is -2.11. The number of hydrogen-bond acceptors (Lipinski definition) is 2. The molecule has 2 amide bonds. The van der Waals surface area contributed by atoms with Crippen LogP contribution in [0.2, 0.25) is 0 Å². The van der Waals surface area contributed by atoms with Gasteiger partial charge in [0.05, 0.1) is 0 Å². The van der Waals surface area contributed by atoms with E-state index in [1.165, 1.54) is 0 Å². The van der Waals surface area contributed by atoms with Crippen molar-refractivity contribution in [3.8, 4) is 0 Å². The number of carbonyl (C=O) groups is 2. The summed E-state index contributed by atoms with van der Waals surface area (Å²) in [5, 5.41) is 5.76. The zero-order valence-corrected chi connectivity index (χ0v) is 17.6. The first-order valence-electron chi connectivity index (χ1n) is 8.64. The molecule has 26 heavy (non-hydrogen) atoms. The highest BCUT2D eigenvalue weighted by atomic mass is 79.9. The highest BCUT2D eigenvalue weighted by molar-refractivity contribution is 9.10. The molecular weight excluding hydrogens is 460 g/mol. The number of benzene rings is 2. The van der Waals surface area contributed by atoms with Crippen molar-refractivity contribution in [1.29, 1.82) is 0 Å². The first-order chi connectivity index (χ1) is 12.5. The van der Waals surface area contributed by atoms with Gasteiger partial charge in [0.1, 0.15) is 0 Å². The van der Waals surface area contributed by atoms with Crippen molar-refractivity contribution in [2.75, 3.05) is 10.6 Å². The Morgan fingerprint density at radius 3 is 1.31 bits per heavy atom. The second kappa shape index (κ2) is 11.1. The summed E-state index contributed by atoms with van der Waals surface area (Å²) in [5.41, 5.74) is 1.62. The topological polar surface area (TPSA) is 58.2 Å². The van der Waals surface area contributed by atoms with Crippen molar-refractivity contribution in [2.24, 2.45) is 0 Å².